The Hall–Kier alpha value is -1.26. The van der Waals surface area contributed by atoms with Crippen molar-refractivity contribution in [2.45, 2.75) is 45.3 Å². The molecule has 0 radical (unpaired) electrons. The minimum Gasteiger partial charge on any atom is -0.479 e. The number of carbonyl (C=O) groups is 1. The standard InChI is InChI=1S/C14H20ClNO3/c1-3-10(16)8-9-6-5-7-11(15)13(9)19-12(4-2)14(17)18/h5-7,10,12H,3-4,8,16H2,1-2H3,(H,17,18). The first-order chi connectivity index (χ1) is 8.99. The molecule has 0 aliphatic rings. The number of hydrogen-bond acceptors (Lipinski definition) is 3. The molecule has 1 aromatic rings. The van der Waals surface area contributed by atoms with E-state index in [9.17, 15) is 4.79 Å². The van der Waals surface area contributed by atoms with Crippen LogP contribution in [0.1, 0.15) is 32.3 Å². The van der Waals surface area contributed by atoms with Gasteiger partial charge in [0.2, 0.25) is 0 Å². The van der Waals surface area contributed by atoms with E-state index in [1.165, 1.54) is 0 Å². The predicted molar refractivity (Wildman–Crippen MR) is 75.8 cm³/mol. The van der Waals surface area contributed by atoms with Crippen molar-refractivity contribution in [3.63, 3.8) is 0 Å². The number of para-hydroxylation sites is 1. The van der Waals surface area contributed by atoms with Gasteiger partial charge in [-0.3, -0.25) is 0 Å². The summed E-state index contributed by atoms with van der Waals surface area (Å²) in [6.07, 6.45) is 0.932. The normalized spacial score (nSPS) is 13.9. The topological polar surface area (TPSA) is 72.5 Å². The molecule has 0 heterocycles. The second kappa shape index (κ2) is 7.36. The summed E-state index contributed by atoms with van der Waals surface area (Å²) >= 11 is 6.10. The minimum atomic E-state index is -0.992. The lowest BCUT2D eigenvalue weighted by atomic mass is 10.0. The van der Waals surface area contributed by atoms with Gasteiger partial charge in [0.15, 0.2) is 6.10 Å². The van der Waals surface area contributed by atoms with Gasteiger partial charge in [-0.25, -0.2) is 4.79 Å². The molecular formula is C14H20ClNO3. The highest BCUT2D eigenvalue weighted by molar-refractivity contribution is 6.32. The lowest BCUT2D eigenvalue weighted by molar-refractivity contribution is -0.145. The highest BCUT2D eigenvalue weighted by Crippen LogP contribution is 2.31. The maximum atomic E-state index is 11.0. The molecule has 0 fully saturated rings. The fourth-order valence-corrected chi connectivity index (χ4v) is 1.96. The van der Waals surface area contributed by atoms with E-state index in [0.717, 1.165) is 12.0 Å². The second-order valence-corrected chi connectivity index (χ2v) is 4.86. The van der Waals surface area contributed by atoms with Crippen molar-refractivity contribution in [3.05, 3.63) is 28.8 Å². The number of benzene rings is 1. The van der Waals surface area contributed by atoms with Crippen LogP contribution in [0.3, 0.4) is 0 Å². The van der Waals surface area contributed by atoms with Crippen LogP contribution >= 0.6 is 11.6 Å². The van der Waals surface area contributed by atoms with Crippen molar-refractivity contribution < 1.29 is 14.6 Å². The van der Waals surface area contributed by atoms with E-state index >= 15 is 0 Å². The fourth-order valence-electron chi connectivity index (χ4n) is 1.72. The van der Waals surface area contributed by atoms with Gasteiger partial charge in [0.05, 0.1) is 5.02 Å². The summed E-state index contributed by atoms with van der Waals surface area (Å²) in [6.45, 7) is 3.76. The van der Waals surface area contributed by atoms with Crippen molar-refractivity contribution in [2.24, 2.45) is 5.73 Å². The maximum Gasteiger partial charge on any atom is 0.344 e. The molecule has 2 unspecified atom stereocenters. The molecule has 1 rings (SSSR count). The van der Waals surface area contributed by atoms with Gasteiger partial charge in [-0.15, -0.1) is 0 Å². The molecule has 19 heavy (non-hydrogen) atoms. The first-order valence-electron chi connectivity index (χ1n) is 6.42. The number of nitrogens with two attached hydrogens (primary N) is 1. The van der Waals surface area contributed by atoms with Crippen LogP contribution < -0.4 is 10.5 Å². The van der Waals surface area contributed by atoms with Crippen LogP contribution in [-0.4, -0.2) is 23.2 Å². The fraction of sp³-hybridized carbons (Fsp3) is 0.500. The average molecular weight is 286 g/mol. The Morgan fingerprint density at radius 3 is 2.63 bits per heavy atom. The van der Waals surface area contributed by atoms with E-state index in [0.29, 0.717) is 23.6 Å². The zero-order valence-corrected chi connectivity index (χ0v) is 12.0. The zero-order chi connectivity index (χ0) is 14.4. The minimum absolute atomic E-state index is 0.00530. The van der Waals surface area contributed by atoms with Gasteiger partial charge in [0, 0.05) is 6.04 Å². The summed E-state index contributed by atoms with van der Waals surface area (Å²) in [5, 5.41) is 9.47. The Morgan fingerprint density at radius 2 is 2.11 bits per heavy atom. The van der Waals surface area contributed by atoms with E-state index in [4.69, 9.17) is 27.2 Å². The molecule has 0 aliphatic heterocycles. The highest BCUT2D eigenvalue weighted by atomic mass is 35.5. The highest BCUT2D eigenvalue weighted by Gasteiger charge is 2.20. The summed E-state index contributed by atoms with van der Waals surface area (Å²) in [6, 6.07) is 5.37. The van der Waals surface area contributed by atoms with E-state index < -0.39 is 12.1 Å². The van der Waals surface area contributed by atoms with Crippen molar-refractivity contribution in [1.82, 2.24) is 0 Å². The van der Waals surface area contributed by atoms with Gasteiger partial charge < -0.3 is 15.6 Å². The van der Waals surface area contributed by atoms with Crippen LogP contribution in [0.25, 0.3) is 0 Å². The first kappa shape index (κ1) is 15.8. The molecule has 0 bridgehead atoms. The van der Waals surface area contributed by atoms with Crippen LogP contribution in [0, 0.1) is 0 Å². The molecule has 1 aromatic carbocycles. The molecule has 2 atom stereocenters. The third kappa shape index (κ3) is 4.40. The van der Waals surface area contributed by atoms with Gasteiger partial charge in [0.25, 0.3) is 0 Å². The van der Waals surface area contributed by atoms with E-state index in [1.54, 1.807) is 13.0 Å². The van der Waals surface area contributed by atoms with Crippen molar-refractivity contribution in [1.29, 1.82) is 0 Å². The van der Waals surface area contributed by atoms with E-state index in [1.807, 2.05) is 19.1 Å². The molecule has 0 saturated heterocycles. The summed E-state index contributed by atoms with van der Waals surface area (Å²) in [4.78, 5) is 11.0. The number of halogens is 1. The number of carboxylic acids is 1. The molecule has 5 heteroatoms. The predicted octanol–water partition coefficient (Wildman–Crippen LogP) is 2.86. The van der Waals surface area contributed by atoms with Gasteiger partial charge >= 0.3 is 5.97 Å². The number of hydrogen-bond donors (Lipinski definition) is 2. The Kier molecular flexibility index (Phi) is 6.12. The van der Waals surface area contributed by atoms with Gasteiger partial charge in [0.1, 0.15) is 5.75 Å². The number of carboxylic acid groups (broad SMARTS) is 1. The SMILES string of the molecule is CCC(N)Cc1cccc(Cl)c1OC(CC)C(=O)O. The average Bonchev–Trinajstić information content (AvgIpc) is 2.37. The third-order valence-corrected chi connectivity index (χ3v) is 3.26. The van der Waals surface area contributed by atoms with Crippen LogP contribution in [0.15, 0.2) is 18.2 Å². The number of ether oxygens (including phenoxy) is 1. The molecule has 0 aromatic heterocycles. The molecule has 3 N–H and O–H groups in total. The molecule has 0 spiro atoms. The summed E-state index contributed by atoms with van der Waals surface area (Å²) < 4.78 is 5.55. The maximum absolute atomic E-state index is 11.0. The Morgan fingerprint density at radius 1 is 1.42 bits per heavy atom. The monoisotopic (exact) mass is 285 g/mol. The van der Waals surface area contributed by atoms with Gasteiger partial charge in [-0.2, -0.15) is 0 Å². The Labute approximate surface area is 118 Å². The van der Waals surface area contributed by atoms with Crippen LogP contribution in [0.5, 0.6) is 5.75 Å². The van der Waals surface area contributed by atoms with Crippen molar-refractivity contribution >= 4 is 17.6 Å². The molecule has 106 valence electrons. The van der Waals surface area contributed by atoms with Crippen molar-refractivity contribution in [3.8, 4) is 5.75 Å². The lowest BCUT2D eigenvalue weighted by Gasteiger charge is -2.19. The Bertz CT molecular complexity index is 437. The van der Waals surface area contributed by atoms with E-state index in [-0.39, 0.29) is 6.04 Å². The molecule has 0 saturated carbocycles. The van der Waals surface area contributed by atoms with Crippen molar-refractivity contribution in [2.75, 3.05) is 0 Å². The van der Waals surface area contributed by atoms with Gasteiger partial charge in [-0.05, 0) is 30.9 Å². The number of rotatable bonds is 7. The summed E-state index contributed by atoms with van der Waals surface area (Å²) in [5.74, 6) is -0.560. The zero-order valence-electron chi connectivity index (χ0n) is 11.2. The lowest BCUT2D eigenvalue weighted by Crippen LogP contribution is -2.27. The van der Waals surface area contributed by atoms with Crippen LogP contribution in [0.2, 0.25) is 5.02 Å². The second-order valence-electron chi connectivity index (χ2n) is 4.45. The largest absolute Gasteiger partial charge is 0.479 e. The summed E-state index contributed by atoms with van der Waals surface area (Å²) in [7, 11) is 0. The molecular weight excluding hydrogens is 266 g/mol. The quantitative estimate of drug-likeness (QED) is 0.808. The first-order valence-corrected chi connectivity index (χ1v) is 6.79. The van der Waals surface area contributed by atoms with Gasteiger partial charge in [-0.1, -0.05) is 37.6 Å². The molecule has 0 aliphatic carbocycles. The smallest absolute Gasteiger partial charge is 0.344 e. The Balaban J connectivity index is 3.00. The van der Waals surface area contributed by atoms with E-state index in [2.05, 4.69) is 0 Å². The third-order valence-electron chi connectivity index (χ3n) is 2.96. The van der Waals surface area contributed by atoms with Crippen LogP contribution in [-0.2, 0) is 11.2 Å². The molecule has 0 amide bonds. The molecule has 4 nitrogen and oxygen atoms in total. The number of aliphatic carboxylic acids is 1. The summed E-state index contributed by atoms with van der Waals surface area (Å²) in [5.41, 5.74) is 6.78. The van der Waals surface area contributed by atoms with Crippen LogP contribution in [0.4, 0.5) is 0 Å².